The van der Waals surface area contributed by atoms with E-state index in [1.54, 1.807) is 36.4 Å². The van der Waals surface area contributed by atoms with Gasteiger partial charge in [0.2, 0.25) is 5.91 Å². The van der Waals surface area contributed by atoms with Gasteiger partial charge in [0.25, 0.3) is 10.0 Å². The van der Waals surface area contributed by atoms with E-state index in [9.17, 15) is 13.2 Å². The van der Waals surface area contributed by atoms with Gasteiger partial charge in [0.15, 0.2) is 0 Å². The maximum Gasteiger partial charge on any atom is 0.264 e. The number of sulfonamides is 1. The third-order valence-corrected chi connectivity index (χ3v) is 7.14. The molecule has 0 saturated carbocycles. The molecule has 0 spiro atoms. The fourth-order valence-corrected chi connectivity index (χ4v) is 4.69. The molecule has 0 radical (unpaired) electrons. The van der Waals surface area contributed by atoms with Crippen molar-refractivity contribution in [3.05, 3.63) is 95.1 Å². The molecule has 0 aliphatic heterocycles. The number of carbonyl (C=O) groups is 1. The molecule has 3 aromatic carbocycles. The van der Waals surface area contributed by atoms with Crippen LogP contribution in [0.1, 0.15) is 42.0 Å². The van der Waals surface area contributed by atoms with Crippen LogP contribution in [-0.2, 0) is 21.4 Å². The Morgan fingerprint density at radius 1 is 0.844 bits per heavy atom. The summed E-state index contributed by atoms with van der Waals surface area (Å²) in [5, 5.41) is 2.84. The number of nitrogens with zero attached hydrogens (tertiary/aromatic N) is 1. The minimum atomic E-state index is -3.92. The first-order valence-corrected chi connectivity index (χ1v) is 12.1. The van der Waals surface area contributed by atoms with Crippen molar-refractivity contribution < 1.29 is 13.2 Å². The van der Waals surface area contributed by atoms with E-state index in [-0.39, 0.29) is 17.3 Å². The molecular weight excluding hydrogens is 420 g/mol. The smallest absolute Gasteiger partial charge is 0.264 e. The van der Waals surface area contributed by atoms with E-state index in [2.05, 4.69) is 19.2 Å². The minimum absolute atomic E-state index is 0.155. The summed E-state index contributed by atoms with van der Waals surface area (Å²) in [4.78, 5) is 12.9. The zero-order valence-electron chi connectivity index (χ0n) is 19.0. The second kappa shape index (κ2) is 10.0. The SMILES string of the molecule is Cc1ccc(CNC(=O)CN(c2ccc(C(C)C)cc2)S(=O)(=O)c2ccc(C)cc2)cc1. The van der Waals surface area contributed by atoms with Crippen LogP contribution in [0.15, 0.2) is 77.7 Å². The van der Waals surface area contributed by atoms with Crippen LogP contribution in [-0.4, -0.2) is 20.9 Å². The molecule has 32 heavy (non-hydrogen) atoms. The molecule has 0 atom stereocenters. The monoisotopic (exact) mass is 450 g/mol. The fourth-order valence-electron chi connectivity index (χ4n) is 3.27. The van der Waals surface area contributed by atoms with Gasteiger partial charge in [-0.25, -0.2) is 8.42 Å². The molecule has 0 fully saturated rings. The van der Waals surface area contributed by atoms with Crippen LogP contribution in [0.2, 0.25) is 0 Å². The molecule has 6 heteroatoms. The summed E-state index contributed by atoms with van der Waals surface area (Å²) >= 11 is 0. The molecule has 3 rings (SSSR count). The summed E-state index contributed by atoms with van der Waals surface area (Å²) < 4.78 is 28.1. The molecule has 168 valence electrons. The Hall–Kier alpha value is -3.12. The van der Waals surface area contributed by atoms with Gasteiger partial charge in [0, 0.05) is 6.54 Å². The number of hydrogen-bond donors (Lipinski definition) is 1. The third-order valence-electron chi connectivity index (χ3n) is 5.35. The molecule has 3 aromatic rings. The van der Waals surface area contributed by atoms with Crippen molar-refractivity contribution in [3.63, 3.8) is 0 Å². The third kappa shape index (κ3) is 5.77. The highest BCUT2D eigenvalue weighted by Crippen LogP contribution is 2.26. The lowest BCUT2D eigenvalue weighted by Crippen LogP contribution is -2.40. The average molecular weight is 451 g/mol. The second-order valence-corrected chi connectivity index (χ2v) is 10.2. The maximum absolute atomic E-state index is 13.5. The van der Waals surface area contributed by atoms with E-state index in [1.807, 2.05) is 50.2 Å². The quantitative estimate of drug-likeness (QED) is 0.529. The second-order valence-electron chi connectivity index (χ2n) is 8.33. The Morgan fingerprint density at radius 2 is 1.38 bits per heavy atom. The molecule has 1 N–H and O–H groups in total. The number of nitrogens with one attached hydrogen (secondary N) is 1. The van der Waals surface area contributed by atoms with Crippen molar-refractivity contribution in [3.8, 4) is 0 Å². The standard InChI is InChI=1S/C26H30N2O3S/c1-19(2)23-11-13-24(14-12-23)28(32(30,31)25-15-7-21(4)8-16-25)18-26(29)27-17-22-9-5-20(3)6-10-22/h5-16,19H,17-18H2,1-4H3,(H,27,29). The number of benzene rings is 3. The van der Waals surface area contributed by atoms with Gasteiger partial charge in [0.05, 0.1) is 10.6 Å². The van der Waals surface area contributed by atoms with Crippen molar-refractivity contribution in [2.45, 2.75) is 45.1 Å². The number of hydrogen-bond acceptors (Lipinski definition) is 3. The zero-order valence-corrected chi connectivity index (χ0v) is 19.8. The van der Waals surface area contributed by atoms with Crippen molar-refractivity contribution >= 4 is 21.6 Å². The predicted molar refractivity (Wildman–Crippen MR) is 129 cm³/mol. The van der Waals surface area contributed by atoms with Crippen LogP contribution in [0.5, 0.6) is 0 Å². The highest BCUT2D eigenvalue weighted by atomic mass is 32.2. The van der Waals surface area contributed by atoms with Gasteiger partial charge < -0.3 is 5.32 Å². The number of anilines is 1. The molecule has 0 aromatic heterocycles. The Labute approximate surface area is 191 Å². The predicted octanol–water partition coefficient (Wildman–Crippen LogP) is 4.94. The van der Waals surface area contributed by atoms with Crippen LogP contribution in [0.25, 0.3) is 0 Å². The first-order chi connectivity index (χ1) is 15.2. The Bertz CT molecular complexity index is 1150. The van der Waals surface area contributed by atoms with E-state index in [0.717, 1.165) is 22.3 Å². The topological polar surface area (TPSA) is 66.5 Å². The largest absolute Gasteiger partial charge is 0.350 e. The van der Waals surface area contributed by atoms with Gasteiger partial charge in [-0.1, -0.05) is 73.5 Å². The van der Waals surface area contributed by atoms with Crippen molar-refractivity contribution in [1.82, 2.24) is 5.32 Å². The lowest BCUT2D eigenvalue weighted by atomic mass is 10.0. The van der Waals surface area contributed by atoms with Crippen LogP contribution >= 0.6 is 0 Å². The van der Waals surface area contributed by atoms with Gasteiger partial charge in [-0.15, -0.1) is 0 Å². The van der Waals surface area contributed by atoms with Crippen molar-refractivity contribution in [2.75, 3.05) is 10.8 Å². The molecule has 5 nitrogen and oxygen atoms in total. The van der Waals surface area contributed by atoms with Gasteiger partial charge in [-0.2, -0.15) is 0 Å². The van der Waals surface area contributed by atoms with E-state index in [1.165, 1.54) is 4.31 Å². The molecule has 1 amide bonds. The zero-order chi connectivity index (χ0) is 23.3. The lowest BCUT2D eigenvalue weighted by molar-refractivity contribution is -0.119. The highest BCUT2D eigenvalue weighted by molar-refractivity contribution is 7.92. The van der Waals surface area contributed by atoms with E-state index >= 15 is 0 Å². The van der Waals surface area contributed by atoms with E-state index < -0.39 is 10.0 Å². The van der Waals surface area contributed by atoms with Gasteiger partial charge in [0.1, 0.15) is 6.54 Å². The summed E-state index contributed by atoms with van der Waals surface area (Å²) in [6, 6.07) is 21.8. The number of carbonyl (C=O) groups excluding carboxylic acids is 1. The van der Waals surface area contributed by atoms with Crippen molar-refractivity contribution in [2.24, 2.45) is 0 Å². The van der Waals surface area contributed by atoms with E-state index in [0.29, 0.717) is 18.2 Å². The fraction of sp³-hybridized carbons (Fsp3) is 0.269. The Balaban J connectivity index is 1.86. The molecule has 0 aliphatic carbocycles. The van der Waals surface area contributed by atoms with E-state index in [4.69, 9.17) is 0 Å². The van der Waals surface area contributed by atoms with Crippen LogP contribution in [0.4, 0.5) is 5.69 Å². The minimum Gasteiger partial charge on any atom is -0.350 e. The molecule has 0 heterocycles. The molecule has 0 aliphatic rings. The molecule has 0 bridgehead atoms. The first kappa shape index (κ1) is 23.5. The average Bonchev–Trinajstić information content (AvgIpc) is 2.77. The van der Waals surface area contributed by atoms with Gasteiger partial charge in [-0.3, -0.25) is 9.10 Å². The van der Waals surface area contributed by atoms with Gasteiger partial charge >= 0.3 is 0 Å². The van der Waals surface area contributed by atoms with Gasteiger partial charge in [-0.05, 0) is 55.2 Å². The summed E-state index contributed by atoms with van der Waals surface area (Å²) in [7, 11) is -3.92. The van der Waals surface area contributed by atoms with Crippen LogP contribution in [0, 0.1) is 13.8 Å². The highest BCUT2D eigenvalue weighted by Gasteiger charge is 2.27. The summed E-state index contributed by atoms with van der Waals surface area (Å²) in [5.41, 5.74) is 4.62. The lowest BCUT2D eigenvalue weighted by Gasteiger charge is -2.24. The normalized spacial score (nSPS) is 11.4. The summed E-state index contributed by atoms with van der Waals surface area (Å²) in [6.45, 7) is 8.09. The molecule has 0 saturated heterocycles. The number of aryl methyl sites for hydroxylation is 2. The van der Waals surface area contributed by atoms with Crippen LogP contribution < -0.4 is 9.62 Å². The maximum atomic E-state index is 13.5. The summed E-state index contributed by atoms with van der Waals surface area (Å²) in [6.07, 6.45) is 0. The number of amides is 1. The first-order valence-electron chi connectivity index (χ1n) is 10.7. The Morgan fingerprint density at radius 3 is 1.91 bits per heavy atom. The van der Waals surface area contributed by atoms with Crippen LogP contribution in [0.3, 0.4) is 0 Å². The number of rotatable bonds is 8. The summed E-state index contributed by atoms with van der Waals surface area (Å²) in [5.74, 6) is -0.0433. The molecular formula is C26H30N2O3S. The van der Waals surface area contributed by atoms with Crippen molar-refractivity contribution in [1.29, 1.82) is 0 Å². The Kier molecular flexibility index (Phi) is 7.36. The molecule has 0 unspecified atom stereocenters.